The van der Waals surface area contributed by atoms with Crippen LogP contribution < -0.4 is 4.74 Å². The number of nitrogens with zero attached hydrogens (tertiary/aromatic N) is 2. The molecule has 2 heterocycles. The zero-order chi connectivity index (χ0) is 11.7. The van der Waals surface area contributed by atoms with Gasteiger partial charge in [0, 0.05) is 22.8 Å². The van der Waals surface area contributed by atoms with Crippen LogP contribution in [0.1, 0.15) is 5.69 Å². The molecule has 0 aliphatic carbocycles. The summed E-state index contributed by atoms with van der Waals surface area (Å²) in [4.78, 5) is 5.41. The van der Waals surface area contributed by atoms with Crippen molar-refractivity contribution in [3.8, 4) is 5.75 Å². The summed E-state index contributed by atoms with van der Waals surface area (Å²) in [5.74, 6) is 0.758. The number of rotatable bonds is 3. The Morgan fingerprint density at radius 3 is 3.18 bits per heavy atom. The molecule has 0 saturated heterocycles. The van der Waals surface area contributed by atoms with E-state index >= 15 is 0 Å². The standard InChI is InChI=1S/C12H9ClN2OS/c13-9-2-1-3-11(6-9)16-8-10-7-15-4-5-17-12(15)14-10/h1-7H,8H2. The molecule has 0 saturated carbocycles. The third-order valence-corrected chi connectivity index (χ3v) is 3.33. The first kappa shape index (κ1) is 10.6. The Labute approximate surface area is 107 Å². The van der Waals surface area contributed by atoms with Crippen molar-refractivity contribution in [3.63, 3.8) is 0 Å². The molecule has 0 unspecified atom stereocenters. The molecule has 0 N–H and O–H groups in total. The summed E-state index contributed by atoms with van der Waals surface area (Å²) in [6, 6.07) is 7.36. The van der Waals surface area contributed by atoms with Gasteiger partial charge in [0.05, 0.1) is 5.69 Å². The van der Waals surface area contributed by atoms with Crippen molar-refractivity contribution in [3.05, 3.63) is 52.8 Å². The average Bonchev–Trinajstić information content (AvgIpc) is 2.86. The Morgan fingerprint density at radius 2 is 2.35 bits per heavy atom. The smallest absolute Gasteiger partial charge is 0.193 e. The molecule has 3 rings (SSSR count). The topological polar surface area (TPSA) is 26.5 Å². The largest absolute Gasteiger partial charge is 0.487 e. The predicted octanol–water partition coefficient (Wildman–Crippen LogP) is 3.63. The van der Waals surface area contributed by atoms with Gasteiger partial charge in [0.1, 0.15) is 12.4 Å². The number of halogens is 1. The molecule has 86 valence electrons. The highest BCUT2D eigenvalue weighted by Gasteiger charge is 2.03. The third-order valence-electron chi connectivity index (χ3n) is 2.33. The van der Waals surface area contributed by atoms with Crippen molar-refractivity contribution >= 4 is 27.9 Å². The van der Waals surface area contributed by atoms with E-state index in [9.17, 15) is 0 Å². The second-order valence-electron chi connectivity index (χ2n) is 3.57. The maximum atomic E-state index is 5.88. The van der Waals surface area contributed by atoms with Crippen LogP contribution in [0, 0.1) is 0 Å². The quantitative estimate of drug-likeness (QED) is 0.722. The van der Waals surface area contributed by atoms with Crippen LogP contribution in [0.15, 0.2) is 42.0 Å². The Bertz CT molecular complexity index is 618. The molecule has 5 heteroatoms. The minimum absolute atomic E-state index is 0.453. The molecule has 0 spiro atoms. The van der Waals surface area contributed by atoms with E-state index in [-0.39, 0.29) is 0 Å². The number of aromatic nitrogens is 2. The molecule has 2 aromatic heterocycles. The number of imidazole rings is 1. The van der Waals surface area contributed by atoms with Gasteiger partial charge in [0.2, 0.25) is 0 Å². The van der Waals surface area contributed by atoms with Gasteiger partial charge in [-0.15, -0.1) is 11.3 Å². The van der Waals surface area contributed by atoms with Crippen molar-refractivity contribution < 1.29 is 4.74 Å². The SMILES string of the molecule is Clc1cccc(OCc2cn3ccsc3n2)c1. The molecule has 1 aromatic carbocycles. The van der Waals surface area contributed by atoms with Crippen LogP contribution in [0.2, 0.25) is 5.02 Å². The summed E-state index contributed by atoms with van der Waals surface area (Å²) in [6.45, 7) is 0.453. The van der Waals surface area contributed by atoms with E-state index in [0.717, 1.165) is 16.4 Å². The van der Waals surface area contributed by atoms with Crippen LogP contribution in [0.25, 0.3) is 4.96 Å². The lowest BCUT2D eigenvalue weighted by molar-refractivity contribution is 0.302. The first-order valence-corrected chi connectivity index (χ1v) is 6.36. The number of benzene rings is 1. The number of thiazole rings is 1. The summed E-state index contributed by atoms with van der Waals surface area (Å²) in [7, 11) is 0. The van der Waals surface area contributed by atoms with E-state index in [0.29, 0.717) is 11.6 Å². The molecule has 0 amide bonds. The van der Waals surface area contributed by atoms with E-state index in [4.69, 9.17) is 16.3 Å². The number of hydrogen-bond donors (Lipinski definition) is 0. The van der Waals surface area contributed by atoms with Crippen molar-refractivity contribution in [1.29, 1.82) is 0 Å². The molecule has 0 radical (unpaired) electrons. The summed E-state index contributed by atoms with van der Waals surface area (Å²) in [5.41, 5.74) is 0.914. The number of hydrogen-bond acceptors (Lipinski definition) is 3. The Kier molecular flexibility index (Phi) is 2.74. The van der Waals surface area contributed by atoms with Gasteiger partial charge in [0.25, 0.3) is 0 Å². The van der Waals surface area contributed by atoms with Gasteiger partial charge in [-0.25, -0.2) is 4.98 Å². The maximum absolute atomic E-state index is 5.88. The summed E-state index contributed by atoms with van der Waals surface area (Å²) < 4.78 is 7.60. The molecule has 0 fully saturated rings. The van der Waals surface area contributed by atoms with Crippen molar-refractivity contribution in [1.82, 2.24) is 9.38 Å². The van der Waals surface area contributed by atoms with E-state index in [1.807, 2.05) is 40.4 Å². The normalized spacial score (nSPS) is 10.9. The molecule has 0 aliphatic heterocycles. The van der Waals surface area contributed by atoms with Crippen LogP contribution in [0.4, 0.5) is 0 Å². The van der Waals surface area contributed by atoms with Crippen LogP contribution in [-0.4, -0.2) is 9.38 Å². The van der Waals surface area contributed by atoms with Crippen LogP contribution in [0.3, 0.4) is 0 Å². The highest BCUT2D eigenvalue weighted by atomic mass is 35.5. The van der Waals surface area contributed by atoms with E-state index in [1.165, 1.54) is 0 Å². The second-order valence-corrected chi connectivity index (χ2v) is 4.88. The highest BCUT2D eigenvalue weighted by Crippen LogP contribution is 2.19. The van der Waals surface area contributed by atoms with Crippen molar-refractivity contribution in [2.45, 2.75) is 6.61 Å². The molecule has 0 atom stereocenters. The van der Waals surface area contributed by atoms with Gasteiger partial charge in [-0.05, 0) is 18.2 Å². The van der Waals surface area contributed by atoms with Crippen LogP contribution in [-0.2, 0) is 6.61 Å². The number of ether oxygens (including phenoxy) is 1. The van der Waals surface area contributed by atoms with Crippen LogP contribution in [0.5, 0.6) is 5.75 Å². The Hall–Kier alpha value is -1.52. The third kappa shape index (κ3) is 2.28. The van der Waals surface area contributed by atoms with Crippen molar-refractivity contribution in [2.24, 2.45) is 0 Å². The zero-order valence-electron chi connectivity index (χ0n) is 8.84. The van der Waals surface area contributed by atoms with E-state index < -0.39 is 0 Å². The lowest BCUT2D eigenvalue weighted by Crippen LogP contribution is -1.95. The fourth-order valence-corrected chi connectivity index (χ4v) is 2.46. The van der Waals surface area contributed by atoms with E-state index in [1.54, 1.807) is 17.4 Å². The lowest BCUT2D eigenvalue weighted by Gasteiger charge is -2.03. The van der Waals surface area contributed by atoms with Gasteiger partial charge in [0.15, 0.2) is 4.96 Å². The van der Waals surface area contributed by atoms with Gasteiger partial charge in [-0.2, -0.15) is 0 Å². The van der Waals surface area contributed by atoms with Gasteiger partial charge >= 0.3 is 0 Å². The molecule has 0 aliphatic rings. The predicted molar refractivity (Wildman–Crippen MR) is 68.9 cm³/mol. The molecule has 17 heavy (non-hydrogen) atoms. The molecule has 3 nitrogen and oxygen atoms in total. The van der Waals surface area contributed by atoms with E-state index in [2.05, 4.69) is 4.98 Å². The van der Waals surface area contributed by atoms with Gasteiger partial charge in [-0.1, -0.05) is 17.7 Å². The monoisotopic (exact) mass is 264 g/mol. The Balaban J connectivity index is 1.74. The fraction of sp³-hybridized carbons (Fsp3) is 0.0833. The lowest BCUT2D eigenvalue weighted by atomic mass is 10.3. The van der Waals surface area contributed by atoms with Crippen LogP contribution >= 0.6 is 22.9 Å². The highest BCUT2D eigenvalue weighted by molar-refractivity contribution is 7.15. The average molecular weight is 265 g/mol. The zero-order valence-corrected chi connectivity index (χ0v) is 10.4. The summed E-state index contributed by atoms with van der Waals surface area (Å²) >= 11 is 7.48. The summed E-state index contributed by atoms with van der Waals surface area (Å²) in [6.07, 6.45) is 3.95. The second kappa shape index (κ2) is 4.39. The fourth-order valence-electron chi connectivity index (χ4n) is 1.56. The summed E-state index contributed by atoms with van der Waals surface area (Å²) in [5, 5.41) is 2.68. The molecule has 3 aromatic rings. The minimum atomic E-state index is 0.453. The molecule has 0 bridgehead atoms. The minimum Gasteiger partial charge on any atom is -0.487 e. The van der Waals surface area contributed by atoms with Gasteiger partial charge < -0.3 is 4.74 Å². The van der Waals surface area contributed by atoms with Crippen molar-refractivity contribution in [2.75, 3.05) is 0 Å². The maximum Gasteiger partial charge on any atom is 0.193 e. The van der Waals surface area contributed by atoms with Gasteiger partial charge in [-0.3, -0.25) is 4.40 Å². The first-order chi connectivity index (χ1) is 8.31. The Morgan fingerprint density at radius 1 is 1.41 bits per heavy atom. The first-order valence-electron chi connectivity index (χ1n) is 5.11. The number of fused-ring (bicyclic) bond motifs is 1. The molecular formula is C12H9ClN2OS. The molecular weight excluding hydrogens is 256 g/mol.